The average Bonchev–Trinajstić information content (AvgIpc) is 2.32. The summed E-state index contributed by atoms with van der Waals surface area (Å²) in [5, 5.41) is 8.32. The van der Waals surface area contributed by atoms with Gasteiger partial charge in [0.15, 0.2) is 0 Å². The Morgan fingerprint density at radius 1 is 1.26 bits per heavy atom. The first kappa shape index (κ1) is 15.0. The van der Waals surface area contributed by atoms with Crippen LogP contribution in [0.4, 0.5) is 16.2 Å². The third-order valence-corrected chi connectivity index (χ3v) is 2.78. The van der Waals surface area contributed by atoms with E-state index in [1.54, 1.807) is 12.1 Å². The van der Waals surface area contributed by atoms with Crippen LogP contribution in [0.15, 0.2) is 18.2 Å². The monoisotopic (exact) mass is 263 g/mol. The van der Waals surface area contributed by atoms with E-state index in [0.29, 0.717) is 5.69 Å². The quantitative estimate of drug-likeness (QED) is 0.781. The van der Waals surface area contributed by atoms with Gasteiger partial charge in [-0.05, 0) is 44.0 Å². The Balaban J connectivity index is 2.68. The maximum Gasteiger partial charge on any atom is 0.319 e. The number of amides is 3. The van der Waals surface area contributed by atoms with Crippen molar-refractivity contribution in [2.24, 2.45) is 0 Å². The number of benzene rings is 1. The lowest BCUT2D eigenvalue weighted by molar-refractivity contribution is -0.114. The summed E-state index contributed by atoms with van der Waals surface area (Å²) in [4.78, 5) is 22.7. The first-order valence-electron chi connectivity index (χ1n) is 6.38. The zero-order valence-corrected chi connectivity index (χ0v) is 11.8. The number of aryl methyl sites for hydroxylation is 1. The van der Waals surface area contributed by atoms with Gasteiger partial charge in [-0.15, -0.1) is 0 Å². The molecule has 0 bridgehead atoms. The number of carbonyl (C=O) groups is 2. The number of anilines is 2. The van der Waals surface area contributed by atoms with E-state index in [1.807, 2.05) is 26.8 Å². The Morgan fingerprint density at radius 2 is 1.95 bits per heavy atom. The van der Waals surface area contributed by atoms with E-state index in [4.69, 9.17) is 0 Å². The number of rotatable bonds is 4. The number of hydrogen-bond donors (Lipinski definition) is 3. The van der Waals surface area contributed by atoms with Gasteiger partial charge in [0.1, 0.15) is 0 Å². The van der Waals surface area contributed by atoms with Crippen LogP contribution in [0.5, 0.6) is 0 Å². The molecule has 19 heavy (non-hydrogen) atoms. The van der Waals surface area contributed by atoms with Crippen LogP contribution in [-0.4, -0.2) is 18.0 Å². The van der Waals surface area contributed by atoms with Crippen molar-refractivity contribution >= 4 is 23.3 Å². The van der Waals surface area contributed by atoms with Crippen LogP contribution in [0.3, 0.4) is 0 Å². The Kier molecular flexibility index (Phi) is 5.36. The van der Waals surface area contributed by atoms with Crippen LogP contribution in [-0.2, 0) is 4.79 Å². The van der Waals surface area contributed by atoms with Gasteiger partial charge in [-0.3, -0.25) is 4.79 Å². The molecule has 1 aromatic rings. The largest absolute Gasteiger partial charge is 0.335 e. The van der Waals surface area contributed by atoms with E-state index in [1.165, 1.54) is 6.92 Å². The summed E-state index contributed by atoms with van der Waals surface area (Å²) < 4.78 is 0. The molecule has 0 saturated heterocycles. The van der Waals surface area contributed by atoms with E-state index >= 15 is 0 Å². The fourth-order valence-electron chi connectivity index (χ4n) is 1.56. The summed E-state index contributed by atoms with van der Waals surface area (Å²) in [5.41, 5.74) is 2.35. The van der Waals surface area contributed by atoms with Gasteiger partial charge in [0, 0.05) is 24.3 Å². The molecule has 0 aliphatic rings. The lowest BCUT2D eigenvalue weighted by atomic mass is 10.1. The van der Waals surface area contributed by atoms with Gasteiger partial charge < -0.3 is 16.0 Å². The van der Waals surface area contributed by atoms with Crippen molar-refractivity contribution in [1.82, 2.24) is 5.32 Å². The molecule has 0 spiro atoms. The SMILES string of the molecule is CC[C@H](C)NC(=O)Nc1ccc(NC(C)=O)c(C)c1. The van der Waals surface area contributed by atoms with Crippen molar-refractivity contribution in [3.8, 4) is 0 Å². The fraction of sp³-hybridized carbons (Fsp3) is 0.429. The van der Waals surface area contributed by atoms with Gasteiger partial charge in [-0.1, -0.05) is 6.92 Å². The standard InChI is InChI=1S/C14H21N3O2/c1-5-10(3)15-14(19)17-12-6-7-13(9(2)8-12)16-11(4)18/h6-8,10H,5H2,1-4H3,(H,16,18)(H2,15,17,19)/t10-/m0/s1. The van der Waals surface area contributed by atoms with Crippen LogP contribution >= 0.6 is 0 Å². The van der Waals surface area contributed by atoms with E-state index in [2.05, 4.69) is 16.0 Å². The van der Waals surface area contributed by atoms with E-state index in [-0.39, 0.29) is 18.0 Å². The van der Waals surface area contributed by atoms with Gasteiger partial charge in [-0.25, -0.2) is 4.79 Å². The zero-order chi connectivity index (χ0) is 14.4. The number of carbonyl (C=O) groups excluding carboxylic acids is 2. The van der Waals surface area contributed by atoms with E-state index in [9.17, 15) is 9.59 Å². The van der Waals surface area contributed by atoms with Crippen LogP contribution in [0.25, 0.3) is 0 Å². The molecule has 0 aliphatic heterocycles. The molecule has 1 atom stereocenters. The highest BCUT2D eigenvalue weighted by Crippen LogP contribution is 2.19. The molecule has 0 unspecified atom stereocenters. The number of hydrogen-bond acceptors (Lipinski definition) is 2. The lowest BCUT2D eigenvalue weighted by Gasteiger charge is -2.14. The van der Waals surface area contributed by atoms with Crippen molar-refractivity contribution in [2.45, 2.75) is 40.2 Å². The van der Waals surface area contributed by atoms with E-state index in [0.717, 1.165) is 17.7 Å². The Bertz CT molecular complexity index is 472. The summed E-state index contributed by atoms with van der Waals surface area (Å²) in [5.74, 6) is -0.113. The smallest absolute Gasteiger partial charge is 0.319 e. The van der Waals surface area contributed by atoms with Crippen LogP contribution < -0.4 is 16.0 Å². The topological polar surface area (TPSA) is 70.2 Å². The molecule has 5 heteroatoms. The molecule has 1 aromatic carbocycles. The summed E-state index contributed by atoms with van der Waals surface area (Å²) in [7, 11) is 0. The zero-order valence-electron chi connectivity index (χ0n) is 11.8. The van der Waals surface area contributed by atoms with Crippen molar-refractivity contribution in [1.29, 1.82) is 0 Å². The Morgan fingerprint density at radius 3 is 2.47 bits per heavy atom. The molecule has 0 aromatic heterocycles. The van der Waals surface area contributed by atoms with Crippen molar-refractivity contribution in [3.63, 3.8) is 0 Å². The molecule has 0 fully saturated rings. The number of nitrogens with one attached hydrogen (secondary N) is 3. The molecule has 3 N–H and O–H groups in total. The highest BCUT2D eigenvalue weighted by Gasteiger charge is 2.07. The van der Waals surface area contributed by atoms with Crippen molar-refractivity contribution < 1.29 is 9.59 Å². The summed E-state index contributed by atoms with van der Waals surface area (Å²) >= 11 is 0. The minimum absolute atomic E-state index is 0.113. The Hall–Kier alpha value is -2.04. The van der Waals surface area contributed by atoms with Gasteiger partial charge in [0.2, 0.25) is 5.91 Å². The van der Waals surface area contributed by atoms with Crippen molar-refractivity contribution in [2.75, 3.05) is 10.6 Å². The normalized spacial score (nSPS) is 11.6. The molecule has 3 amide bonds. The van der Waals surface area contributed by atoms with Gasteiger partial charge in [0.05, 0.1) is 0 Å². The predicted octanol–water partition coefficient (Wildman–Crippen LogP) is 2.87. The molecule has 0 radical (unpaired) electrons. The average molecular weight is 263 g/mol. The third-order valence-electron chi connectivity index (χ3n) is 2.78. The minimum atomic E-state index is -0.221. The molecular weight excluding hydrogens is 242 g/mol. The number of urea groups is 1. The molecule has 104 valence electrons. The third kappa shape index (κ3) is 4.99. The predicted molar refractivity (Wildman–Crippen MR) is 77.4 cm³/mol. The molecular formula is C14H21N3O2. The molecule has 0 saturated carbocycles. The van der Waals surface area contributed by atoms with E-state index < -0.39 is 0 Å². The maximum absolute atomic E-state index is 11.7. The highest BCUT2D eigenvalue weighted by molar-refractivity contribution is 5.92. The van der Waals surface area contributed by atoms with Crippen LogP contribution in [0.2, 0.25) is 0 Å². The van der Waals surface area contributed by atoms with Crippen molar-refractivity contribution in [3.05, 3.63) is 23.8 Å². The first-order valence-corrected chi connectivity index (χ1v) is 6.38. The molecule has 0 heterocycles. The molecule has 5 nitrogen and oxygen atoms in total. The van der Waals surface area contributed by atoms with Gasteiger partial charge in [-0.2, -0.15) is 0 Å². The van der Waals surface area contributed by atoms with Gasteiger partial charge >= 0.3 is 6.03 Å². The molecule has 0 aliphatic carbocycles. The summed E-state index contributed by atoms with van der Waals surface area (Å²) in [6.45, 7) is 7.30. The van der Waals surface area contributed by atoms with Crippen LogP contribution in [0, 0.1) is 6.92 Å². The highest BCUT2D eigenvalue weighted by atomic mass is 16.2. The van der Waals surface area contributed by atoms with Gasteiger partial charge in [0.25, 0.3) is 0 Å². The Labute approximate surface area is 113 Å². The second-order valence-electron chi connectivity index (χ2n) is 4.62. The van der Waals surface area contributed by atoms with Crippen LogP contribution in [0.1, 0.15) is 32.8 Å². The fourth-order valence-corrected chi connectivity index (χ4v) is 1.56. The lowest BCUT2D eigenvalue weighted by Crippen LogP contribution is -2.35. The molecule has 1 rings (SSSR count). The minimum Gasteiger partial charge on any atom is -0.335 e. The second-order valence-corrected chi connectivity index (χ2v) is 4.62. The second kappa shape index (κ2) is 6.78. The first-order chi connectivity index (χ1) is 8.92. The maximum atomic E-state index is 11.7. The summed E-state index contributed by atoms with van der Waals surface area (Å²) in [6.07, 6.45) is 0.883. The summed E-state index contributed by atoms with van der Waals surface area (Å²) in [6, 6.07) is 5.27.